The van der Waals surface area contributed by atoms with Crippen molar-refractivity contribution >= 4 is 45.7 Å². The zero-order valence-corrected chi connectivity index (χ0v) is 17.2. The summed E-state index contributed by atoms with van der Waals surface area (Å²) in [6.07, 6.45) is 3.01. The van der Waals surface area contributed by atoms with Crippen molar-refractivity contribution in [3.05, 3.63) is 34.9 Å². The number of aromatic nitrogens is 2. The Morgan fingerprint density at radius 2 is 2.27 bits per heavy atom. The summed E-state index contributed by atoms with van der Waals surface area (Å²) < 4.78 is 0.908. The number of carbonyl (C=O) groups excluding carboxylic acids is 1. The molecule has 0 aliphatic carbocycles. The monoisotopic (exact) mass is 410 g/mol. The van der Waals surface area contributed by atoms with Crippen LogP contribution in [0.5, 0.6) is 0 Å². The molecule has 2 heterocycles. The normalized spacial score (nSPS) is 18.0. The van der Waals surface area contributed by atoms with Crippen molar-refractivity contribution in [3.8, 4) is 0 Å². The standard InChI is InChI=1S/C18H23ClN4OS2/c1-2-10-25-18-22-21-17(26-18)20-16(24)14-7-5-9-23(12-14)11-13-6-3-4-8-15(13)19/h3-4,6,8,14H,2,5,7,9-12H2,1H3,(H,20,21,24). The molecule has 26 heavy (non-hydrogen) atoms. The molecule has 0 spiro atoms. The van der Waals surface area contributed by atoms with E-state index in [9.17, 15) is 4.79 Å². The van der Waals surface area contributed by atoms with Gasteiger partial charge in [0.05, 0.1) is 5.92 Å². The molecule has 5 nitrogen and oxygen atoms in total. The number of nitrogens with one attached hydrogen (secondary N) is 1. The number of anilines is 1. The van der Waals surface area contributed by atoms with Crippen LogP contribution >= 0.6 is 34.7 Å². The highest BCUT2D eigenvalue weighted by molar-refractivity contribution is 8.01. The highest BCUT2D eigenvalue weighted by Gasteiger charge is 2.26. The number of nitrogens with zero attached hydrogens (tertiary/aromatic N) is 3. The van der Waals surface area contributed by atoms with E-state index in [4.69, 9.17) is 11.6 Å². The molecule has 2 aromatic rings. The van der Waals surface area contributed by atoms with Gasteiger partial charge >= 0.3 is 0 Å². The Kier molecular flexibility index (Phi) is 7.31. The number of thioether (sulfide) groups is 1. The van der Waals surface area contributed by atoms with E-state index in [0.717, 1.165) is 59.6 Å². The fraction of sp³-hybridized carbons (Fsp3) is 0.500. The quantitative estimate of drug-likeness (QED) is 0.536. The van der Waals surface area contributed by atoms with Crippen molar-refractivity contribution < 1.29 is 4.79 Å². The topological polar surface area (TPSA) is 58.1 Å². The van der Waals surface area contributed by atoms with Crippen molar-refractivity contribution in [1.29, 1.82) is 0 Å². The van der Waals surface area contributed by atoms with Gasteiger partial charge in [0.25, 0.3) is 0 Å². The fourth-order valence-corrected chi connectivity index (χ4v) is 4.87. The van der Waals surface area contributed by atoms with E-state index in [2.05, 4.69) is 27.3 Å². The molecule has 3 rings (SSSR count). The molecule has 1 aliphatic rings. The Morgan fingerprint density at radius 3 is 3.08 bits per heavy atom. The van der Waals surface area contributed by atoms with Gasteiger partial charge in [-0.1, -0.05) is 59.8 Å². The molecular formula is C18H23ClN4OS2. The molecule has 1 aliphatic heterocycles. The second-order valence-electron chi connectivity index (χ2n) is 6.38. The highest BCUT2D eigenvalue weighted by Crippen LogP contribution is 2.27. The third kappa shape index (κ3) is 5.42. The maximum Gasteiger partial charge on any atom is 0.230 e. The van der Waals surface area contributed by atoms with E-state index in [1.54, 1.807) is 11.8 Å². The number of carbonyl (C=O) groups is 1. The van der Waals surface area contributed by atoms with Gasteiger partial charge in [0.1, 0.15) is 0 Å². The van der Waals surface area contributed by atoms with Crippen LogP contribution in [0.1, 0.15) is 31.7 Å². The first-order valence-electron chi connectivity index (χ1n) is 8.88. The summed E-state index contributed by atoms with van der Waals surface area (Å²) in [6.45, 7) is 4.65. The summed E-state index contributed by atoms with van der Waals surface area (Å²) in [7, 11) is 0. The lowest BCUT2D eigenvalue weighted by Crippen LogP contribution is -2.40. The number of hydrogen-bond donors (Lipinski definition) is 1. The third-order valence-electron chi connectivity index (χ3n) is 4.29. The average molecular weight is 411 g/mol. The zero-order chi connectivity index (χ0) is 18.4. The van der Waals surface area contributed by atoms with Gasteiger partial charge in [-0.2, -0.15) is 0 Å². The maximum atomic E-state index is 12.6. The highest BCUT2D eigenvalue weighted by atomic mass is 35.5. The van der Waals surface area contributed by atoms with Crippen LogP contribution in [0, 0.1) is 5.92 Å². The number of benzene rings is 1. The van der Waals surface area contributed by atoms with Gasteiger partial charge in [0.2, 0.25) is 11.0 Å². The third-order valence-corrected chi connectivity index (χ3v) is 6.84. The van der Waals surface area contributed by atoms with Crippen LogP contribution in [0.25, 0.3) is 0 Å². The molecule has 1 aromatic heterocycles. The van der Waals surface area contributed by atoms with Crippen molar-refractivity contribution in [2.45, 2.75) is 37.1 Å². The van der Waals surface area contributed by atoms with E-state index < -0.39 is 0 Å². The van der Waals surface area contributed by atoms with E-state index in [1.165, 1.54) is 11.3 Å². The molecule has 1 saturated heterocycles. The van der Waals surface area contributed by atoms with Crippen LogP contribution in [0.2, 0.25) is 5.02 Å². The van der Waals surface area contributed by atoms with Crippen molar-refractivity contribution in [2.75, 3.05) is 24.2 Å². The first-order chi connectivity index (χ1) is 12.7. The van der Waals surface area contributed by atoms with Gasteiger partial charge in [-0.05, 0) is 37.4 Å². The lowest BCUT2D eigenvalue weighted by molar-refractivity contribution is -0.121. The summed E-state index contributed by atoms with van der Waals surface area (Å²) in [5.74, 6) is 1.03. The van der Waals surface area contributed by atoms with Gasteiger partial charge in [-0.25, -0.2) is 0 Å². The van der Waals surface area contributed by atoms with Crippen LogP contribution in [0.3, 0.4) is 0 Å². The van der Waals surface area contributed by atoms with Crippen LogP contribution in [0.15, 0.2) is 28.6 Å². The van der Waals surface area contributed by atoms with Crippen molar-refractivity contribution in [3.63, 3.8) is 0 Å². The number of amides is 1. The predicted molar refractivity (Wildman–Crippen MR) is 109 cm³/mol. The van der Waals surface area contributed by atoms with E-state index in [-0.39, 0.29) is 11.8 Å². The van der Waals surface area contributed by atoms with Crippen LogP contribution in [0.4, 0.5) is 5.13 Å². The average Bonchev–Trinajstić information content (AvgIpc) is 3.09. The Hall–Kier alpha value is -1.15. The molecular weight excluding hydrogens is 388 g/mol. The minimum absolute atomic E-state index is 0.0260. The number of piperidine rings is 1. The number of likely N-dealkylation sites (tertiary alicyclic amines) is 1. The number of halogens is 1. The molecule has 0 bridgehead atoms. The van der Waals surface area contributed by atoms with E-state index in [0.29, 0.717) is 5.13 Å². The molecule has 1 unspecified atom stereocenters. The van der Waals surface area contributed by atoms with E-state index in [1.807, 2.05) is 24.3 Å². The van der Waals surface area contributed by atoms with Gasteiger partial charge in [-0.3, -0.25) is 9.69 Å². The first-order valence-corrected chi connectivity index (χ1v) is 11.1. The number of rotatable bonds is 7. The molecule has 0 saturated carbocycles. The van der Waals surface area contributed by atoms with Gasteiger partial charge in [0, 0.05) is 23.9 Å². The Labute approximate surface area is 167 Å². The fourth-order valence-electron chi connectivity index (χ4n) is 3.00. The molecule has 1 fully saturated rings. The molecule has 1 N–H and O–H groups in total. The summed E-state index contributed by atoms with van der Waals surface area (Å²) >= 11 is 9.39. The first kappa shape index (κ1) is 19.6. The summed E-state index contributed by atoms with van der Waals surface area (Å²) in [4.78, 5) is 14.9. The second-order valence-corrected chi connectivity index (χ2v) is 9.10. The Balaban J connectivity index is 1.54. The van der Waals surface area contributed by atoms with Crippen molar-refractivity contribution in [2.24, 2.45) is 5.92 Å². The minimum Gasteiger partial charge on any atom is -0.300 e. The SMILES string of the molecule is CCCSc1nnc(NC(=O)C2CCCN(Cc3ccccc3Cl)C2)s1. The summed E-state index contributed by atoms with van der Waals surface area (Å²) in [5, 5.41) is 12.5. The molecule has 140 valence electrons. The Bertz CT molecular complexity index is 739. The maximum absolute atomic E-state index is 12.6. The minimum atomic E-state index is -0.0260. The van der Waals surface area contributed by atoms with Crippen molar-refractivity contribution in [1.82, 2.24) is 15.1 Å². The molecule has 0 radical (unpaired) electrons. The smallest absolute Gasteiger partial charge is 0.230 e. The van der Waals surface area contributed by atoms with E-state index >= 15 is 0 Å². The summed E-state index contributed by atoms with van der Waals surface area (Å²) in [5.41, 5.74) is 1.11. The second kappa shape index (κ2) is 9.69. The molecule has 1 amide bonds. The zero-order valence-electron chi connectivity index (χ0n) is 14.8. The van der Waals surface area contributed by atoms with Crippen LogP contribution in [-0.2, 0) is 11.3 Å². The Morgan fingerprint density at radius 1 is 1.42 bits per heavy atom. The largest absolute Gasteiger partial charge is 0.300 e. The van der Waals surface area contributed by atoms with Crippen LogP contribution in [-0.4, -0.2) is 39.8 Å². The molecule has 1 atom stereocenters. The van der Waals surface area contributed by atoms with Gasteiger partial charge in [0.15, 0.2) is 4.34 Å². The number of hydrogen-bond acceptors (Lipinski definition) is 6. The predicted octanol–water partition coefficient (Wildman–Crippen LogP) is 4.54. The molecule has 1 aromatic carbocycles. The van der Waals surface area contributed by atoms with Gasteiger partial charge in [-0.15, -0.1) is 10.2 Å². The van der Waals surface area contributed by atoms with Crippen LogP contribution < -0.4 is 5.32 Å². The molecule has 8 heteroatoms. The lowest BCUT2D eigenvalue weighted by Gasteiger charge is -2.32. The lowest BCUT2D eigenvalue weighted by atomic mass is 9.97. The van der Waals surface area contributed by atoms with Gasteiger partial charge < -0.3 is 5.32 Å². The summed E-state index contributed by atoms with van der Waals surface area (Å²) in [6, 6.07) is 7.89.